The van der Waals surface area contributed by atoms with E-state index in [0.717, 1.165) is 47.2 Å². The van der Waals surface area contributed by atoms with Crippen molar-refractivity contribution in [3.8, 4) is 11.3 Å². The van der Waals surface area contributed by atoms with Gasteiger partial charge >= 0.3 is 0 Å². The second-order valence-corrected chi connectivity index (χ2v) is 10.4. The Kier molecular flexibility index (Phi) is 5.85. The van der Waals surface area contributed by atoms with Crippen LogP contribution in [0.1, 0.15) is 5.56 Å². The number of nitrogens with zero attached hydrogens (tertiary/aromatic N) is 4. The molecule has 0 spiro atoms. The third kappa shape index (κ3) is 4.42. The van der Waals surface area contributed by atoms with Gasteiger partial charge in [-0.25, -0.2) is 4.98 Å². The van der Waals surface area contributed by atoms with Gasteiger partial charge in [-0.05, 0) is 38.2 Å². The summed E-state index contributed by atoms with van der Waals surface area (Å²) in [4.78, 5) is 17.4. The van der Waals surface area contributed by atoms with Crippen LogP contribution in [0.15, 0.2) is 72.0 Å². The van der Waals surface area contributed by atoms with Crippen LogP contribution in [0.5, 0.6) is 0 Å². The van der Waals surface area contributed by atoms with Crippen LogP contribution < -0.4 is 4.90 Å². The first-order valence-corrected chi connectivity index (χ1v) is 12.6. The second-order valence-electron chi connectivity index (χ2n) is 8.97. The van der Waals surface area contributed by atoms with Crippen molar-refractivity contribution in [2.75, 3.05) is 31.6 Å². The van der Waals surface area contributed by atoms with E-state index in [9.17, 15) is 8.42 Å². The number of hydrogen-bond donors (Lipinski definition) is 2. The monoisotopic (exact) mass is 477 g/mol. The van der Waals surface area contributed by atoms with Crippen LogP contribution in [0, 0.1) is 12.8 Å². The van der Waals surface area contributed by atoms with Crippen molar-refractivity contribution in [2.24, 2.45) is 5.92 Å². The SMILES string of the molecule is CN1C[C@H]2CN(c3cncc(-c4cccc5[nH]ccc45)n3)C[C@H]21.Cc1ccc(S(=O)(=O)O)cc1. The number of H-pyrrole nitrogens is 1. The maximum Gasteiger partial charge on any atom is 0.294 e. The fourth-order valence-electron chi connectivity index (χ4n) is 4.74. The molecule has 6 rings (SSSR count). The summed E-state index contributed by atoms with van der Waals surface area (Å²) in [6, 6.07) is 15.0. The van der Waals surface area contributed by atoms with Gasteiger partial charge in [-0.15, -0.1) is 0 Å². The zero-order chi connectivity index (χ0) is 23.9. The van der Waals surface area contributed by atoms with Crippen molar-refractivity contribution in [1.82, 2.24) is 19.9 Å². The topological polar surface area (TPSA) is 102 Å². The lowest BCUT2D eigenvalue weighted by Crippen LogP contribution is -2.52. The molecule has 0 unspecified atom stereocenters. The van der Waals surface area contributed by atoms with E-state index in [1.54, 1.807) is 12.1 Å². The van der Waals surface area contributed by atoms with E-state index in [0.29, 0.717) is 6.04 Å². The number of aromatic amines is 1. The van der Waals surface area contributed by atoms with Crippen LogP contribution >= 0.6 is 0 Å². The zero-order valence-electron chi connectivity index (χ0n) is 19.1. The molecule has 9 heteroatoms. The Balaban J connectivity index is 0.000000186. The van der Waals surface area contributed by atoms with Gasteiger partial charge in [0.15, 0.2) is 0 Å². The van der Waals surface area contributed by atoms with E-state index in [1.807, 2.05) is 25.5 Å². The molecular formula is C25H27N5O3S. The highest BCUT2D eigenvalue weighted by molar-refractivity contribution is 7.85. The summed E-state index contributed by atoms with van der Waals surface area (Å²) >= 11 is 0. The smallest absolute Gasteiger partial charge is 0.294 e. The fraction of sp³-hybridized carbons (Fsp3) is 0.280. The largest absolute Gasteiger partial charge is 0.361 e. The highest BCUT2D eigenvalue weighted by Gasteiger charge is 2.43. The number of hydrogen-bond acceptors (Lipinski definition) is 6. The lowest BCUT2D eigenvalue weighted by Gasteiger charge is -2.40. The Hall–Kier alpha value is -3.27. The average Bonchev–Trinajstić information content (AvgIpc) is 3.43. The first-order valence-electron chi connectivity index (χ1n) is 11.2. The van der Waals surface area contributed by atoms with Crippen molar-refractivity contribution in [2.45, 2.75) is 17.9 Å². The van der Waals surface area contributed by atoms with Crippen LogP contribution in [0.25, 0.3) is 22.2 Å². The highest BCUT2D eigenvalue weighted by atomic mass is 32.2. The molecule has 2 aromatic carbocycles. The molecule has 0 bridgehead atoms. The third-order valence-corrected chi connectivity index (χ3v) is 7.50. The summed E-state index contributed by atoms with van der Waals surface area (Å²) in [5.41, 5.74) is 4.17. The van der Waals surface area contributed by atoms with Crippen molar-refractivity contribution in [3.05, 3.63) is 72.7 Å². The summed E-state index contributed by atoms with van der Waals surface area (Å²) in [5, 5.41) is 1.19. The van der Waals surface area contributed by atoms with E-state index in [2.05, 4.69) is 51.1 Å². The quantitative estimate of drug-likeness (QED) is 0.435. The van der Waals surface area contributed by atoms with Crippen LogP contribution in [-0.2, 0) is 10.1 Å². The Bertz CT molecular complexity index is 1420. The van der Waals surface area contributed by atoms with E-state index < -0.39 is 10.1 Å². The molecule has 2 aliphatic heterocycles. The van der Waals surface area contributed by atoms with Gasteiger partial charge in [0.25, 0.3) is 10.1 Å². The molecule has 34 heavy (non-hydrogen) atoms. The summed E-state index contributed by atoms with van der Waals surface area (Å²) < 4.78 is 29.6. The lowest BCUT2D eigenvalue weighted by atomic mass is 9.93. The molecule has 2 atom stereocenters. The van der Waals surface area contributed by atoms with Crippen molar-refractivity contribution in [1.29, 1.82) is 0 Å². The van der Waals surface area contributed by atoms with Gasteiger partial charge < -0.3 is 14.8 Å². The fourth-order valence-corrected chi connectivity index (χ4v) is 5.22. The number of fused-ring (bicyclic) bond motifs is 2. The normalized spacial score (nSPS) is 19.9. The summed E-state index contributed by atoms with van der Waals surface area (Å²) in [6.45, 7) is 5.21. The molecule has 0 amide bonds. The summed E-state index contributed by atoms with van der Waals surface area (Å²) in [7, 11) is -1.81. The maximum absolute atomic E-state index is 10.5. The molecule has 2 aliphatic rings. The Morgan fingerprint density at radius 1 is 1.03 bits per heavy atom. The molecule has 4 heterocycles. The average molecular weight is 478 g/mol. The summed E-state index contributed by atoms with van der Waals surface area (Å²) in [6.07, 6.45) is 5.73. The standard InChI is InChI=1S/C18H19N5.C7H8O3S/c1-22-9-12-10-23(11-17(12)22)18-8-19-7-16(21-18)13-3-2-4-15-14(13)5-6-20-15;1-6-2-4-7(5-3-6)11(8,9)10/h2-8,12,17,20H,9-11H2,1H3;2-5H,1H3,(H,8,9,10)/t12-,17+;/m0./s1. The molecular weight excluding hydrogens is 450 g/mol. The minimum atomic E-state index is -4.02. The molecule has 176 valence electrons. The zero-order valence-corrected chi connectivity index (χ0v) is 19.9. The van der Waals surface area contributed by atoms with E-state index in [1.165, 1.54) is 24.1 Å². The lowest BCUT2D eigenvalue weighted by molar-refractivity contribution is 0.0827. The van der Waals surface area contributed by atoms with Crippen LogP contribution in [0.2, 0.25) is 0 Å². The molecule has 8 nitrogen and oxygen atoms in total. The van der Waals surface area contributed by atoms with E-state index in [-0.39, 0.29) is 4.90 Å². The van der Waals surface area contributed by atoms with Crippen LogP contribution in [-0.4, -0.2) is 65.5 Å². The molecule has 2 aromatic heterocycles. The van der Waals surface area contributed by atoms with Crippen molar-refractivity contribution in [3.63, 3.8) is 0 Å². The predicted octanol–water partition coefficient (Wildman–Crippen LogP) is 3.62. The maximum atomic E-state index is 10.5. The second kappa shape index (κ2) is 8.83. The van der Waals surface area contributed by atoms with Crippen LogP contribution in [0.3, 0.4) is 0 Å². The number of likely N-dealkylation sites (tertiary alicyclic amines) is 1. The first-order chi connectivity index (χ1) is 16.3. The molecule has 0 aliphatic carbocycles. The van der Waals surface area contributed by atoms with Gasteiger partial charge in [-0.3, -0.25) is 9.54 Å². The van der Waals surface area contributed by atoms with Crippen LogP contribution in [0.4, 0.5) is 5.82 Å². The van der Waals surface area contributed by atoms with Crippen molar-refractivity contribution < 1.29 is 13.0 Å². The van der Waals surface area contributed by atoms with Gasteiger partial charge in [0.05, 0.1) is 23.0 Å². The number of rotatable bonds is 3. The minimum Gasteiger partial charge on any atom is -0.361 e. The number of aryl methyl sites for hydroxylation is 1. The number of aromatic nitrogens is 3. The number of benzene rings is 2. The first kappa shape index (κ1) is 22.5. The Morgan fingerprint density at radius 3 is 2.53 bits per heavy atom. The molecule has 0 saturated carbocycles. The number of anilines is 1. The van der Waals surface area contributed by atoms with Gasteiger partial charge in [-0.2, -0.15) is 8.42 Å². The molecule has 2 saturated heterocycles. The van der Waals surface area contributed by atoms with Gasteiger partial charge in [0.2, 0.25) is 0 Å². The number of nitrogens with one attached hydrogen (secondary N) is 1. The van der Waals surface area contributed by atoms with E-state index >= 15 is 0 Å². The van der Waals surface area contributed by atoms with Gasteiger partial charge in [0.1, 0.15) is 5.82 Å². The van der Waals surface area contributed by atoms with Gasteiger partial charge in [0, 0.05) is 54.3 Å². The number of likely N-dealkylation sites (N-methyl/N-ethyl adjacent to an activating group) is 1. The predicted molar refractivity (Wildman–Crippen MR) is 132 cm³/mol. The Labute approximate surface area is 199 Å². The Morgan fingerprint density at radius 2 is 1.82 bits per heavy atom. The minimum absolute atomic E-state index is 0.0666. The van der Waals surface area contributed by atoms with Crippen molar-refractivity contribution >= 4 is 26.8 Å². The van der Waals surface area contributed by atoms with E-state index in [4.69, 9.17) is 9.54 Å². The third-order valence-electron chi connectivity index (χ3n) is 6.63. The molecule has 2 N–H and O–H groups in total. The van der Waals surface area contributed by atoms with Gasteiger partial charge in [-0.1, -0.05) is 29.8 Å². The molecule has 2 fully saturated rings. The molecule has 4 aromatic rings. The highest BCUT2D eigenvalue weighted by Crippen LogP contribution is 2.34. The summed E-state index contributed by atoms with van der Waals surface area (Å²) in [5.74, 6) is 1.79. The molecule has 0 radical (unpaired) electrons.